The predicted octanol–water partition coefficient (Wildman–Crippen LogP) is 4.85. The Morgan fingerprint density at radius 2 is 1.91 bits per heavy atom. The second kappa shape index (κ2) is 7.33. The summed E-state index contributed by atoms with van der Waals surface area (Å²) < 4.78 is 5.34. The molecule has 4 nitrogen and oxygen atoms in total. The first kappa shape index (κ1) is 19.5. The summed E-state index contributed by atoms with van der Waals surface area (Å²) in [7, 11) is 0. The van der Waals surface area contributed by atoms with Gasteiger partial charge in [0.1, 0.15) is 5.76 Å². The fourth-order valence-corrected chi connectivity index (χ4v) is 3.04. The molecule has 0 amide bonds. The summed E-state index contributed by atoms with van der Waals surface area (Å²) in [5, 5.41) is 9.01. The molecule has 1 rings (SSSR count). The van der Waals surface area contributed by atoms with Crippen molar-refractivity contribution < 1.29 is 19.4 Å². The van der Waals surface area contributed by atoms with Gasteiger partial charge in [-0.15, -0.1) is 0 Å². The molecule has 0 unspecified atom stereocenters. The summed E-state index contributed by atoms with van der Waals surface area (Å²) in [6.45, 7) is 11.9. The van der Waals surface area contributed by atoms with Gasteiger partial charge in [-0.25, -0.2) is 4.79 Å². The van der Waals surface area contributed by atoms with Crippen molar-refractivity contribution in [2.24, 2.45) is 10.8 Å². The average Bonchev–Trinajstić information content (AvgIpc) is 2.35. The van der Waals surface area contributed by atoms with E-state index in [1.54, 1.807) is 20.8 Å². The number of rotatable bonds is 5. The number of hydrogen-bond donors (Lipinski definition) is 1. The third-order valence-corrected chi connectivity index (χ3v) is 4.43. The van der Waals surface area contributed by atoms with Crippen molar-refractivity contribution >= 4 is 11.9 Å². The first-order valence-corrected chi connectivity index (χ1v) is 8.28. The van der Waals surface area contributed by atoms with Crippen molar-refractivity contribution in [2.45, 2.75) is 73.6 Å². The van der Waals surface area contributed by atoms with Crippen molar-refractivity contribution in [3.05, 3.63) is 23.0 Å². The largest absolute Gasteiger partial charge is 0.478 e. The summed E-state index contributed by atoms with van der Waals surface area (Å²) in [6, 6.07) is 0. The van der Waals surface area contributed by atoms with Gasteiger partial charge in [0, 0.05) is 6.42 Å². The third-order valence-electron chi connectivity index (χ3n) is 4.43. The highest BCUT2D eigenvalue weighted by molar-refractivity contribution is 5.82. The van der Waals surface area contributed by atoms with Crippen molar-refractivity contribution in [3.63, 3.8) is 0 Å². The van der Waals surface area contributed by atoms with Gasteiger partial charge in [-0.05, 0) is 58.8 Å². The van der Waals surface area contributed by atoms with E-state index in [1.165, 1.54) is 17.6 Å². The predicted molar refractivity (Wildman–Crippen MR) is 90.8 cm³/mol. The van der Waals surface area contributed by atoms with Gasteiger partial charge in [0.25, 0.3) is 0 Å². The van der Waals surface area contributed by atoms with E-state index in [2.05, 4.69) is 20.8 Å². The van der Waals surface area contributed by atoms with Crippen LogP contribution in [0.5, 0.6) is 0 Å². The second-order valence-corrected chi connectivity index (χ2v) is 8.08. The van der Waals surface area contributed by atoms with Crippen LogP contribution in [0.15, 0.2) is 23.0 Å². The van der Waals surface area contributed by atoms with Crippen LogP contribution in [0, 0.1) is 10.8 Å². The van der Waals surface area contributed by atoms with Crippen molar-refractivity contribution in [1.82, 2.24) is 0 Å². The molecule has 0 aliphatic heterocycles. The smallest absolute Gasteiger partial charge is 0.331 e. The van der Waals surface area contributed by atoms with Crippen molar-refractivity contribution in [3.8, 4) is 0 Å². The van der Waals surface area contributed by atoms with E-state index < -0.39 is 17.4 Å². The molecule has 23 heavy (non-hydrogen) atoms. The first-order valence-electron chi connectivity index (χ1n) is 8.28. The standard InChI is InChI=1S/C19H30O4/c1-13-8-7-11-19(5,6)15(13)10-9-14(12-16(20)21)23-17(22)18(2,3)4/h12H,7-11H2,1-6H3,(H,20,21). The zero-order chi connectivity index (χ0) is 17.8. The third kappa shape index (κ3) is 5.85. The lowest BCUT2D eigenvalue weighted by Crippen LogP contribution is -2.24. The lowest BCUT2D eigenvalue weighted by atomic mass is 9.71. The van der Waals surface area contributed by atoms with Gasteiger partial charge >= 0.3 is 11.9 Å². The van der Waals surface area contributed by atoms with E-state index in [0.717, 1.165) is 25.3 Å². The maximum atomic E-state index is 12.0. The van der Waals surface area contributed by atoms with Crippen LogP contribution in [-0.2, 0) is 14.3 Å². The van der Waals surface area contributed by atoms with Gasteiger partial charge in [0.2, 0.25) is 0 Å². The van der Waals surface area contributed by atoms with Crippen LogP contribution in [-0.4, -0.2) is 17.0 Å². The molecule has 1 aliphatic rings. The molecule has 0 bridgehead atoms. The molecule has 0 aromatic rings. The van der Waals surface area contributed by atoms with Crippen LogP contribution in [0.4, 0.5) is 0 Å². The number of allylic oxidation sites excluding steroid dienone is 3. The molecular formula is C19H30O4. The van der Waals surface area contributed by atoms with E-state index in [4.69, 9.17) is 9.84 Å². The van der Waals surface area contributed by atoms with Gasteiger partial charge in [0.15, 0.2) is 0 Å². The molecule has 0 aromatic heterocycles. The number of esters is 1. The summed E-state index contributed by atoms with van der Waals surface area (Å²) in [6.07, 6.45) is 5.60. The Labute approximate surface area is 139 Å². The SMILES string of the molecule is CC1=C(CCC(=CC(=O)O)OC(=O)C(C)(C)C)C(C)(C)CCC1. The molecule has 0 radical (unpaired) electrons. The number of aliphatic carboxylic acids is 1. The molecule has 0 aromatic carbocycles. The Kier molecular flexibility index (Phi) is 6.20. The normalized spacial score (nSPS) is 18.8. The highest BCUT2D eigenvalue weighted by Gasteiger charge is 2.29. The Balaban J connectivity index is 2.88. The van der Waals surface area contributed by atoms with E-state index in [9.17, 15) is 9.59 Å². The van der Waals surface area contributed by atoms with E-state index in [1.807, 2.05) is 0 Å². The Morgan fingerprint density at radius 3 is 2.39 bits per heavy atom. The summed E-state index contributed by atoms with van der Waals surface area (Å²) in [4.78, 5) is 23.0. The zero-order valence-corrected chi connectivity index (χ0v) is 15.3. The highest BCUT2D eigenvalue weighted by Crippen LogP contribution is 2.42. The van der Waals surface area contributed by atoms with Crippen LogP contribution < -0.4 is 0 Å². The average molecular weight is 322 g/mol. The van der Waals surface area contributed by atoms with Gasteiger partial charge in [-0.2, -0.15) is 0 Å². The Morgan fingerprint density at radius 1 is 1.30 bits per heavy atom. The maximum absolute atomic E-state index is 12.0. The Hall–Kier alpha value is -1.58. The molecule has 0 saturated carbocycles. The lowest BCUT2D eigenvalue weighted by Gasteiger charge is -2.35. The highest BCUT2D eigenvalue weighted by atomic mass is 16.5. The monoisotopic (exact) mass is 322 g/mol. The van der Waals surface area contributed by atoms with Crippen LogP contribution >= 0.6 is 0 Å². The zero-order valence-electron chi connectivity index (χ0n) is 15.3. The van der Waals surface area contributed by atoms with Crippen molar-refractivity contribution in [1.29, 1.82) is 0 Å². The molecule has 0 atom stereocenters. The van der Waals surface area contributed by atoms with Crippen LogP contribution in [0.25, 0.3) is 0 Å². The summed E-state index contributed by atoms with van der Waals surface area (Å²) in [5.41, 5.74) is 2.23. The van der Waals surface area contributed by atoms with E-state index >= 15 is 0 Å². The maximum Gasteiger partial charge on any atom is 0.331 e. The molecular weight excluding hydrogens is 292 g/mol. The first-order chi connectivity index (χ1) is 10.4. The quantitative estimate of drug-likeness (QED) is 0.340. The van der Waals surface area contributed by atoms with E-state index in [-0.39, 0.29) is 11.2 Å². The van der Waals surface area contributed by atoms with E-state index in [0.29, 0.717) is 6.42 Å². The topological polar surface area (TPSA) is 63.6 Å². The van der Waals surface area contributed by atoms with Gasteiger partial charge in [-0.1, -0.05) is 25.0 Å². The molecule has 0 spiro atoms. The van der Waals surface area contributed by atoms with Crippen LogP contribution in [0.1, 0.15) is 73.6 Å². The minimum Gasteiger partial charge on any atom is -0.478 e. The number of carbonyl (C=O) groups is 2. The van der Waals surface area contributed by atoms with Crippen LogP contribution in [0.2, 0.25) is 0 Å². The molecule has 0 fully saturated rings. The van der Waals surface area contributed by atoms with Crippen LogP contribution in [0.3, 0.4) is 0 Å². The van der Waals surface area contributed by atoms with Crippen molar-refractivity contribution in [2.75, 3.05) is 0 Å². The lowest BCUT2D eigenvalue weighted by molar-refractivity contribution is -0.148. The number of carbonyl (C=O) groups excluding carboxylic acids is 1. The van der Waals surface area contributed by atoms with Gasteiger partial charge in [-0.3, -0.25) is 4.79 Å². The number of carboxylic acid groups (broad SMARTS) is 1. The second-order valence-electron chi connectivity index (χ2n) is 8.08. The number of carboxylic acids is 1. The minimum absolute atomic E-state index is 0.130. The summed E-state index contributed by atoms with van der Waals surface area (Å²) in [5.74, 6) is -1.26. The van der Waals surface area contributed by atoms with Gasteiger partial charge < -0.3 is 9.84 Å². The summed E-state index contributed by atoms with van der Waals surface area (Å²) >= 11 is 0. The molecule has 0 heterocycles. The fraction of sp³-hybridized carbons (Fsp3) is 0.684. The molecule has 1 aliphatic carbocycles. The molecule has 130 valence electrons. The van der Waals surface area contributed by atoms with Gasteiger partial charge in [0.05, 0.1) is 11.5 Å². The Bertz CT molecular complexity index is 530. The number of hydrogen-bond acceptors (Lipinski definition) is 3. The minimum atomic E-state index is -1.09. The fourth-order valence-electron chi connectivity index (χ4n) is 3.04. The molecule has 1 N–H and O–H groups in total. The molecule has 4 heteroatoms. The number of ether oxygens (including phenoxy) is 1. The molecule has 0 saturated heterocycles.